The summed E-state index contributed by atoms with van der Waals surface area (Å²) in [6, 6.07) is 12.1. The maximum atomic E-state index is 6.23. The van der Waals surface area contributed by atoms with Gasteiger partial charge in [-0.1, -0.05) is 11.6 Å². The highest BCUT2D eigenvalue weighted by atomic mass is 35.5. The maximum absolute atomic E-state index is 6.23. The molecular formula is C16H19ClN6. The Morgan fingerprint density at radius 3 is 2.39 bits per heavy atom. The van der Waals surface area contributed by atoms with E-state index in [-0.39, 0.29) is 0 Å². The SMILES string of the molecule is Nc1cc(Cl)c2c(c1)NN(c1ccc(N3CCNCC3)cc1)N2. The number of nitrogens with one attached hydrogen (secondary N) is 3. The van der Waals surface area contributed by atoms with E-state index in [9.17, 15) is 0 Å². The standard InChI is InChI=1S/C16H19ClN6/c17-14-9-11(18)10-15-16(14)21-23(20-15)13-3-1-12(2-4-13)22-7-5-19-6-8-22/h1-4,9-10,19-21H,5-8,18H2. The first-order valence-electron chi connectivity index (χ1n) is 7.69. The molecule has 2 heterocycles. The van der Waals surface area contributed by atoms with Crippen LogP contribution < -0.4 is 31.9 Å². The zero-order chi connectivity index (χ0) is 15.8. The summed E-state index contributed by atoms with van der Waals surface area (Å²) in [4.78, 5) is 2.39. The van der Waals surface area contributed by atoms with E-state index in [0.717, 1.165) is 43.2 Å². The van der Waals surface area contributed by atoms with Crippen LogP contribution >= 0.6 is 11.6 Å². The zero-order valence-corrected chi connectivity index (χ0v) is 13.4. The van der Waals surface area contributed by atoms with Gasteiger partial charge in [0.1, 0.15) is 0 Å². The van der Waals surface area contributed by atoms with E-state index < -0.39 is 0 Å². The van der Waals surface area contributed by atoms with Crippen LogP contribution in [0.1, 0.15) is 0 Å². The Morgan fingerprint density at radius 1 is 0.957 bits per heavy atom. The first kappa shape index (κ1) is 14.3. The van der Waals surface area contributed by atoms with Gasteiger partial charge in [0.25, 0.3) is 0 Å². The molecule has 7 heteroatoms. The monoisotopic (exact) mass is 330 g/mol. The summed E-state index contributed by atoms with van der Waals surface area (Å²) in [7, 11) is 0. The van der Waals surface area contributed by atoms with Gasteiger partial charge in [0.2, 0.25) is 0 Å². The molecule has 1 saturated heterocycles. The van der Waals surface area contributed by atoms with Gasteiger partial charge in [0, 0.05) is 37.6 Å². The summed E-state index contributed by atoms with van der Waals surface area (Å²) in [5, 5.41) is 5.82. The number of piperazine rings is 1. The van der Waals surface area contributed by atoms with Crippen molar-refractivity contribution in [2.24, 2.45) is 0 Å². The summed E-state index contributed by atoms with van der Waals surface area (Å²) in [5.41, 5.74) is 17.0. The number of hydrogen-bond donors (Lipinski definition) is 4. The topological polar surface area (TPSA) is 68.6 Å². The first-order valence-corrected chi connectivity index (χ1v) is 8.07. The van der Waals surface area contributed by atoms with Crippen LogP contribution in [0.4, 0.5) is 28.4 Å². The number of anilines is 5. The van der Waals surface area contributed by atoms with Crippen molar-refractivity contribution in [1.29, 1.82) is 0 Å². The van der Waals surface area contributed by atoms with Crippen molar-refractivity contribution < 1.29 is 0 Å². The fourth-order valence-electron chi connectivity index (χ4n) is 2.95. The molecule has 6 nitrogen and oxygen atoms in total. The summed E-state index contributed by atoms with van der Waals surface area (Å²) >= 11 is 6.23. The fourth-order valence-corrected chi connectivity index (χ4v) is 3.22. The lowest BCUT2D eigenvalue weighted by Crippen LogP contribution is -2.43. The summed E-state index contributed by atoms with van der Waals surface area (Å²) in [5.74, 6) is 0. The molecule has 0 aromatic heterocycles. The molecule has 0 spiro atoms. The minimum Gasteiger partial charge on any atom is -0.399 e. The Balaban J connectivity index is 1.52. The van der Waals surface area contributed by atoms with Crippen LogP contribution in [0.5, 0.6) is 0 Å². The molecule has 0 aliphatic carbocycles. The van der Waals surface area contributed by atoms with Gasteiger partial charge >= 0.3 is 0 Å². The summed E-state index contributed by atoms with van der Waals surface area (Å²) in [6.45, 7) is 4.15. The van der Waals surface area contributed by atoms with Crippen molar-refractivity contribution in [3.8, 4) is 0 Å². The molecule has 0 unspecified atom stereocenters. The number of nitrogens with two attached hydrogens (primary N) is 1. The molecule has 0 atom stereocenters. The highest BCUT2D eigenvalue weighted by Gasteiger charge is 2.21. The van der Waals surface area contributed by atoms with Gasteiger partial charge in [-0.25, -0.2) is 0 Å². The molecule has 0 saturated carbocycles. The van der Waals surface area contributed by atoms with Crippen molar-refractivity contribution >= 4 is 40.0 Å². The van der Waals surface area contributed by atoms with E-state index in [0.29, 0.717) is 10.7 Å². The second-order valence-electron chi connectivity index (χ2n) is 5.74. The largest absolute Gasteiger partial charge is 0.399 e. The van der Waals surface area contributed by atoms with Crippen LogP contribution in [-0.4, -0.2) is 26.2 Å². The number of rotatable bonds is 2. The number of nitrogens with zero attached hydrogens (tertiary/aromatic N) is 2. The van der Waals surface area contributed by atoms with Gasteiger partial charge in [-0.2, -0.15) is 5.12 Å². The van der Waals surface area contributed by atoms with Gasteiger partial charge in [-0.15, -0.1) is 0 Å². The average Bonchev–Trinajstić information content (AvgIpc) is 3.00. The molecule has 2 aliphatic rings. The lowest BCUT2D eigenvalue weighted by atomic mass is 10.2. The van der Waals surface area contributed by atoms with Crippen LogP contribution in [-0.2, 0) is 0 Å². The predicted octanol–water partition coefficient (Wildman–Crippen LogP) is 2.51. The van der Waals surface area contributed by atoms with Gasteiger partial charge in [0.05, 0.1) is 22.1 Å². The maximum Gasteiger partial charge on any atom is 0.0999 e. The number of hydrogen-bond acceptors (Lipinski definition) is 6. The Hall–Kier alpha value is -2.31. The van der Waals surface area contributed by atoms with Gasteiger partial charge < -0.3 is 16.0 Å². The molecule has 0 radical (unpaired) electrons. The van der Waals surface area contributed by atoms with Gasteiger partial charge in [-0.05, 0) is 36.4 Å². The minimum atomic E-state index is 0.604. The molecule has 120 valence electrons. The van der Waals surface area contributed by atoms with Crippen LogP contribution in [0.25, 0.3) is 0 Å². The molecule has 4 rings (SSSR count). The van der Waals surface area contributed by atoms with E-state index in [4.69, 9.17) is 17.3 Å². The average molecular weight is 331 g/mol. The van der Waals surface area contributed by atoms with Crippen LogP contribution in [0, 0.1) is 0 Å². The second-order valence-corrected chi connectivity index (χ2v) is 6.14. The molecule has 1 fully saturated rings. The highest BCUT2D eigenvalue weighted by Crippen LogP contribution is 2.39. The molecule has 2 aliphatic heterocycles. The van der Waals surface area contributed by atoms with Crippen LogP contribution in [0.3, 0.4) is 0 Å². The number of benzene rings is 2. The van der Waals surface area contributed by atoms with Crippen molar-refractivity contribution in [3.63, 3.8) is 0 Å². The smallest absolute Gasteiger partial charge is 0.0999 e. The molecule has 2 aromatic rings. The Morgan fingerprint density at radius 2 is 1.65 bits per heavy atom. The quantitative estimate of drug-likeness (QED) is 0.634. The number of fused-ring (bicyclic) bond motifs is 1. The Kier molecular flexibility index (Phi) is 3.55. The third kappa shape index (κ3) is 2.71. The molecule has 2 aromatic carbocycles. The Bertz CT molecular complexity index is 711. The summed E-state index contributed by atoms with van der Waals surface area (Å²) < 4.78 is 0. The van der Waals surface area contributed by atoms with Gasteiger partial charge in [0.15, 0.2) is 0 Å². The van der Waals surface area contributed by atoms with Crippen molar-refractivity contribution in [2.45, 2.75) is 0 Å². The van der Waals surface area contributed by atoms with Crippen molar-refractivity contribution in [3.05, 3.63) is 41.4 Å². The summed E-state index contributed by atoms with van der Waals surface area (Å²) in [6.07, 6.45) is 0. The van der Waals surface area contributed by atoms with E-state index in [2.05, 4.69) is 45.3 Å². The molecule has 0 amide bonds. The lowest BCUT2D eigenvalue weighted by Gasteiger charge is -2.30. The minimum absolute atomic E-state index is 0.604. The van der Waals surface area contributed by atoms with E-state index in [1.165, 1.54) is 5.69 Å². The van der Waals surface area contributed by atoms with Crippen molar-refractivity contribution in [1.82, 2.24) is 5.32 Å². The van der Waals surface area contributed by atoms with E-state index in [1.54, 1.807) is 6.07 Å². The number of nitrogen functional groups attached to an aromatic ring is 1. The van der Waals surface area contributed by atoms with E-state index in [1.807, 2.05) is 11.2 Å². The molecule has 0 bridgehead atoms. The Labute approximate surface area is 140 Å². The van der Waals surface area contributed by atoms with E-state index >= 15 is 0 Å². The van der Waals surface area contributed by atoms with Crippen LogP contribution in [0.2, 0.25) is 5.02 Å². The fraction of sp³-hybridized carbons (Fsp3) is 0.250. The second kappa shape index (κ2) is 5.72. The molecule has 23 heavy (non-hydrogen) atoms. The van der Waals surface area contributed by atoms with Gasteiger partial charge in [-0.3, -0.25) is 10.9 Å². The highest BCUT2D eigenvalue weighted by molar-refractivity contribution is 6.34. The van der Waals surface area contributed by atoms with Crippen molar-refractivity contribution in [2.75, 3.05) is 52.8 Å². The van der Waals surface area contributed by atoms with Crippen LogP contribution in [0.15, 0.2) is 36.4 Å². The number of hydrazine groups is 2. The molecule has 5 N–H and O–H groups in total. The normalized spacial score (nSPS) is 16.7. The zero-order valence-electron chi connectivity index (χ0n) is 12.6. The lowest BCUT2D eigenvalue weighted by molar-refractivity contribution is 0.589. The first-order chi connectivity index (χ1) is 11.2. The predicted molar refractivity (Wildman–Crippen MR) is 97.1 cm³/mol. The number of halogens is 1. The molecular weight excluding hydrogens is 312 g/mol. The third-order valence-corrected chi connectivity index (χ3v) is 4.46. The third-order valence-electron chi connectivity index (χ3n) is 4.16.